The van der Waals surface area contributed by atoms with Gasteiger partial charge in [0.25, 0.3) is 0 Å². The zero-order chi connectivity index (χ0) is 19.5. The molecule has 0 radical (unpaired) electrons. The highest BCUT2D eigenvalue weighted by Crippen LogP contribution is 2.24. The third-order valence-corrected chi connectivity index (χ3v) is 6.57. The van der Waals surface area contributed by atoms with Crippen LogP contribution in [-0.2, 0) is 25.8 Å². The summed E-state index contributed by atoms with van der Waals surface area (Å²) in [6.07, 6.45) is 0.703. The molecule has 1 heterocycles. The summed E-state index contributed by atoms with van der Waals surface area (Å²) in [6.45, 7) is 3.22. The maximum atomic E-state index is 13.6. The highest BCUT2D eigenvalue weighted by atomic mass is 32.2. The standard InChI is InChI=1S/C18H25FN2O4S/c1-18(2,17(23)21(3)14-9-11-26(24,25)12-14)16(22)20-10-8-13-6-4-5-7-15(13)19/h4-7,14H,8-12H2,1-3H3,(H,20,22). The number of rotatable bonds is 6. The van der Waals surface area contributed by atoms with E-state index < -0.39 is 33.1 Å². The first-order chi connectivity index (χ1) is 12.0. The number of sulfone groups is 1. The molecule has 0 aliphatic carbocycles. The summed E-state index contributed by atoms with van der Waals surface area (Å²) in [6, 6.07) is 5.91. The van der Waals surface area contributed by atoms with E-state index in [1.54, 1.807) is 18.2 Å². The van der Waals surface area contributed by atoms with E-state index in [-0.39, 0.29) is 23.9 Å². The van der Waals surface area contributed by atoms with Gasteiger partial charge in [-0.3, -0.25) is 9.59 Å². The minimum absolute atomic E-state index is 0.0601. The van der Waals surface area contributed by atoms with Gasteiger partial charge in [0.05, 0.1) is 11.5 Å². The van der Waals surface area contributed by atoms with Crippen molar-refractivity contribution in [1.82, 2.24) is 10.2 Å². The number of amides is 2. The molecule has 6 nitrogen and oxygen atoms in total. The molecule has 144 valence electrons. The number of hydrogen-bond acceptors (Lipinski definition) is 4. The maximum absolute atomic E-state index is 13.6. The molecule has 1 fully saturated rings. The quantitative estimate of drug-likeness (QED) is 0.746. The van der Waals surface area contributed by atoms with E-state index in [9.17, 15) is 22.4 Å². The van der Waals surface area contributed by atoms with Crippen molar-refractivity contribution in [1.29, 1.82) is 0 Å². The second-order valence-corrected chi connectivity index (χ2v) is 9.42. The summed E-state index contributed by atoms with van der Waals surface area (Å²) >= 11 is 0. The van der Waals surface area contributed by atoms with Gasteiger partial charge in [-0.1, -0.05) is 18.2 Å². The van der Waals surface area contributed by atoms with E-state index in [0.717, 1.165) is 0 Å². The predicted octanol–water partition coefficient (Wildman–Crippen LogP) is 1.16. The zero-order valence-corrected chi connectivity index (χ0v) is 16.1. The van der Waals surface area contributed by atoms with Crippen molar-refractivity contribution in [3.8, 4) is 0 Å². The molecule has 1 unspecified atom stereocenters. The molecule has 1 aromatic rings. The molecule has 0 bridgehead atoms. The van der Waals surface area contributed by atoms with E-state index in [4.69, 9.17) is 0 Å². The van der Waals surface area contributed by atoms with E-state index in [0.29, 0.717) is 18.4 Å². The molecular formula is C18H25FN2O4S. The second-order valence-electron chi connectivity index (χ2n) is 7.20. The minimum Gasteiger partial charge on any atom is -0.355 e. The van der Waals surface area contributed by atoms with Gasteiger partial charge in [-0.05, 0) is 38.3 Å². The molecular weight excluding hydrogens is 359 g/mol. The van der Waals surface area contributed by atoms with E-state index in [2.05, 4.69) is 5.32 Å². The summed E-state index contributed by atoms with van der Waals surface area (Å²) in [5.74, 6) is -1.24. The highest BCUT2D eigenvalue weighted by Gasteiger charge is 2.42. The van der Waals surface area contributed by atoms with Crippen molar-refractivity contribution in [3.05, 3.63) is 35.6 Å². The number of carbonyl (C=O) groups excluding carboxylic acids is 2. The van der Waals surface area contributed by atoms with Crippen molar-refractivity contribution in [2.24, 2.45) is 5.41 Å². The average Bonchev–Trinajstić information content (AvgIpc) is 2.95. The molecule has 8 heteroatoms. The van der Waals surface area contributed by atoms with Crippen molar-refractivity contribution < 1.29 is 22.4 Å². The summed E-state index contributed by atoms with van der Waals surface area (Å²) in [4.78, 5) is 26.5. The predicted molar refractivity (Wildman–Crippen MR) is 96.7 cm³/mol. The maximum Gasteiger partial charge on any atom is 0.237 e. The van der Waals surface area contributed by atoms with E-state index in [1.807, 2.05) is 0 Å². The van der Waals surface area contributed by atoms with Crippen LogP contribution in [0.25, 0.3) is 0 Å². The van der Waals surface area contributed by atoms with Gasteiger partial charge in [-0.2, -0.15) is 0 Å². The van der Waals surface area contributed by atoms with Gasteiger partial charge in [-0.25, -0.2) is 12.8 Å². The molecule has 26 heavy (non-hydrogen) atoms. The minimum atomic E-state index is -3.12. The Bertz CT molecular complexity index is 792. The lowest BCUT2D eigenvalue weighted by molar-refractivity contribution is -0.148. The number of carbonyl (C=O) groups is 2. The van der Waals surface area contributed by atoms with Gasteiger partial charge in [0.15, 0.2) is 9.84 Å². The van der Waals surface area contributed by atoms with E-state index in [1.165, 1.54) is 31.9 Å². The Morgan fingerprint density at radius 2 is 1.96 bits per heavy atom. The van der Waals surface area contributed by atoms with Gasteiger partial charge in [0.1, 0.15) is 11.2 Å². The van der Waals surface area contributed by atoms with Gasteiger partial charge >= 0.3 is 0 Å². The van der Waals surface area contributed by atoms with Crippen LogP contribution in [0.1, 0.15) is 25.8 Å². The topological polar surface area (TPSA) is 83.6 Å². The molecule has 0 aromatic heterocycles. The van der Waals surface area contributed by atoms with Crippen LogP contribution in [0.4, 0.5) is 4.39 Å². The Morgan fingerprint density at radius 1 is 1.31 bits per heavy atom. The summed E-state index contributed by atoms with van der Waals surface area (Å²) in [7, 11) is -1.59. The molecule has 2 amide bonds. The van der Waals surface area contributed by atoms with Crippen LogP contribution >= 0.6 is 0 Å². The molecule has 1 aliphatic rings. The van der Waals surface area contributed by atoms with Crippen LogP contribution in [0, 0.1) is 11.2 Å². The molecule has 2 rings (SSSR count). The van der Waals surface area contributed by atoms with Crippen molar-refractivity contribution in [2.45, 2.75) is 32.7 Å². The zero-order valence-electron chi connectivity index (χ0n) is 15.3. The summed E-state index contributed by atoms with van der Waals surface area (Å²) < 4.78 is 36.8. The van der Waals surface area contributed by atoms with Crippen LogP contribution < -0.4 is 5.32 Å². The SMILES string of the molecule is CN(C(=O)C(C)(C)C(=O)NCCc1ccccc1F)C1CCS(=O)(=O)C1. The fraction of sp³-hybridized carbons (Fsp3) is 0.556. The molecule has 1 saturated heterocycles. The fourth-order valence-corrected chi connectivity index (χ4v) is 4.79. The average molecular weight is 384 g/mol. The highest BCUT2D eigenvalue weighted by molar-refractivity contribution is 7.91. The number of benzene rings is 1. The van der Waals surface area contributed by atoms with Gasteiger partial charge < -0.3 is 10.2 Å². The van der Waals surface area contributed by atoms with Crippen LogP contribution in [0.3, 0.4) is 0 Å². The molecule has 0 spiro atoms. The van der Waals surface area contributed by atoms with E-state index >= 15 is 0 Å². The smallest absolute Gasteiger partial charge is 0.237 e. The van der Waals surface area contributed by atoms with Crippen LogP contribution in [0.15, 0.2) is 24.3 Å². The first-order valence-electron chi connectivity index (χ1n) is 8.54. The lowest BCUT2D eigenvalue weighted by atomic mass is 9.89. The van der Waals surface area contributed by atoms with Crippen molar-refractivity contribution in [2.75, 3.05) is 25.1 Å². The molecule has 1 aromatic carbocycles. The third kappa shape index (κ3) is 4.60. The van der Waals surface area contributed by atoms with Gasteiger partial charge in [0.2, 0.25) is 11.8 Å². The number of nitrogens with zero attached hydrogens (tertiary/aromatic N) is 1. The van der Waals surface area contributed by atoms with Crippen LogP contribution in [0.5, 0.6) is 0 Å². The molecule has 1 atom stereocenters. The van der Waals surface area contributed by atoms with Gasteiger partial charge in [-0.15, -0.1) is 0 Å². The first-order valence-corrected chi connectivity index (χ1v) is 10.4. The summed E-state index contributed by atoms with van der Waals surface area (Å²) in [5.41, 5.74) is -0.846. The Kier molecular flexibility index (Phi) is 6.05. The number of hydrogen-bond donors (Lipinski definition) is 1. The largest absolute Gasteiger partial charge is 0.355 e. The van der Waals surface area contributed by atoms with Crippen LogP contribution in [0.2, 0.25) is 0 Å². The Hall–Kier alpha value is -1.96. The molecule has 1 aliphatic heterocycles. The molecule has 1 N–H and O–H groups in total. The normalized spacial score (nSPS) is 19.2. The number of nitrogens with one attached hydrogen (secondary N) is 1. The fourth-order valence-electron chi connectivity index (χ4n) is 3.02. The lowest BCUT2D eigenvalue weighted by Gasteiger charge is -2.31. The lowest BCUT2D eigenvalue weighted by Crippen LogP contribution is -2.51. The Morgan fingerprint density at radius 3 is 2.54 bits per heavy atom. The van der Waals surface area contributed by atoms with Gasteiger partial charge in [0, 0.05) is 19.6 Å². The second kappa shape index (κ2) is 7.73. The Balaban J connectivity index is 1.94. The molecule has 0 saturated carbocycles. The van der Waals surface area contributed by atoms with Crippen molar-refractivity contribution >= 4 is 21.7 Å². The Labute approximate surface area is 153 Å². The van der Waals surface area contributed by atoms with Crippen molar-refractivity contribution in [3.63, 3.8) is 0 Å². The van der Waals surface area contributed by atoms with Crippen LogP contribution in [-0.4, -0.2) is 56.3 Å². The first kappa shape index (κ1) is 20.4. The number of halogens is 1. The monoisotopic (exact) mass is 384 g/mol. The third-order valence-electron chi connectivity index (χ3n) is 4.82. The summed E-state index contributed by atoms with van der Waals surface area (Å²) in [5, 5.41) is 2.67.